The van der Waals surface area contributed by atoms with Crippen LogP contribution in [0.3, 0.4) is 0 Å². The minimum absolute atomic E-state index is 0.0923. The summed E-state index contributed by atoms with van der Waals surface area (Å²) in [5.74, 6) is 0.275. The second-order valence-corrected chi connectivity index (χ2v) is 9.12. The number of amides is 1. The molecule has 1 amide bonds. The van der Waals surface area contributed by atoms with Crippen LogP contribution in [0.5, 0.6) is 0 Å². The van der Waals surface area contributed by atoms with Crippen LogP contribution < -0.4 is 16.0 Å². The van der Waals surface area contributed by atoms with Gasteiger partial charge in [0.1, 0.15) is 5.56 Å². The molecule has 5 rings (SSSR count). The van der Waals surface area contributed by atoms with Gasteiger partial charge in [-0.05, 0) is 44.3 Å². The zero-order chi connectivity index (χ0) is 20.4. The Balaban J connectivity index is 1.54. The van der Waals surface area contributed by atoms with E-state index in [1.165, 1.54) is 17.4 Å². The monoisotopic (exact) mass is 423 g/mol. The van der Waals surface area contributed by atoms with E-state index < -0.39 is 11.7 Å². The third kappa shape index (κ3) is 3.18. The number of hydrogen-bond donors (Lipinski definition) is 3. The maximum absolute atomic E-state index is 13.6. The van der Waals surface area contributed by atoms with Crippen molar-refractivity contribution in [2.45, 2.75) is 43.9 Å². The molecule has 2 aromatic heterocycles. The van der Waals surface area contributed by atoms with E-state index in [4.69, 9.17) is 0 Å². The van der Waals surface area contributed by atoms with Gasteiger partial charge in [-0.3, -0.25) is 4.79 Å². The van der Waals surface area contributed by atoms with Gasteiger partial charge >= 0.3 is 6.18 Å². The Labute approximate surface area is 169 Å². The van der Waals surface area contributed by atoms with Crippen LogP contribution in [0, 0.1) is 5.92 Å². The number of thiophene rings is 1. The van der Waals surface area contributed by atoms with E-state index in [-0.39, 0.29) is 29.1 Å². The minimum Gasteiger partial charge on any atom is -0.351 e. The highest BCUT2D eigenvalue weighted by Crippen LogP contribution is 2.55. The molecule has 1 saturated carbocycles. The lowest BCUT2D eigenvalue weighted by atomic mass is 9.95. The summed E-state index contributed by atoms with van der Waals surface area (Å²) in [6.07, 6.45) is -1.25. The molecule has 3 aliphatic rings. The number of hydrogen-bond acceptors (Lipinski definition) is 6. The molecule has 1 saturated heterocycles. The van der Waals surface area contributed by atoms with Crippen molar-refractivity contribution in [3.63, 3.8) is 0 Å². The fraction of sp³-hybridized carbons (Fsp3) is 0.526. The van der Waals surface area contributed by atoms with Crippen LogP contribution in [0.4, 0.5) is 19.1 Å². The maximum Gasteiger partial charge on any atom is 0.420 e. The highest BCUT2D eigenvalue weighted by Gasteiger charge is 2.54. The first-order valence-electron chi connectivity index (χ1n) is 9.65. The van der Waals surface area contributed by atoms with E-state index in [0.29, 0.717) is 16.4 Å². The zero-order valence-corrected chi connectivity index (χ0v) is 16.5. The average molecular weight is 423 g/mol. The first-order valence-corrected chi connectivity index (χ1v) is 10.5. The summed E-state index contributed by atoms with van der Waals surface area (Å²) in [6.45, 7) is 3.75. The highest BCUT2D eigenvalue weighted by atomic mass is 32.1. The third-order valence-electron chi connectivity index (χ3n) is 5.94. The Bertz CT molecular complexity index is 985. The number of aromatic nitrogens is 2. The van der Waals surface area contributed by atoms with Crippen LogP contribution in [-0.4, -0.2) is 35.0 Å². The number of nitrogens with zero attached hydrogens (tertiary/aromatic N) is 2. The summed E-state index contributed by atoms with van der Waals surface area (Å²) in [5.41, 5.74) is -0.950. The number of piperidine rings is 1. The quantitative estimate of drug-likeness (QED) is 0.706. The standard InChI is InChI=1S/C19H20F3N5OS/c1-9-7-23-5-2-12(9)25-17-24-8-11(19(20,21)22)14(26-17)13-6-10-15(29-13)18(3-4-18)27-16(10)28/h6,8-9,12,23H,2-5,7H2,1H3,(H,27,28)(H,24,25,26)/t9-,12+/m1/s1. The van der Waals surface area contributed by atoms with Crippen LogP contribution in [0.2, 0.25) is 0 Å². The van der Waals surface area contributed by atoms with Crippen molar-refractivity contribution in [3.8, 4) is 10.6 Å². The van der Waals surface area contributed by atoms with E-state index in [9.17, 15) is 18.0 Å². The Morgan fingerprint density at radius 3 is 2.83 bits per heavy atom. The Kier molecular flexibility index (Phi) is 4.15. The molecule has 0 radical (unpaired) electrons. The molecule has 6 nitrogen and oxygen atoms in total. The van der Waals surface area contributed by atoms with Crippen LogP contribution in [-0.2, 0) is 11.7 Å². The maximum atomic E-state index is 13.6. The number of rotatable bonds is 3. The molecule has 1 spiro atoms. The predicted octanol–water partition coefficient (Wildman–Crippen LogP) is 3.37. The summed E-state index contributed by atoms with van der Waals surface area (Å²) >= 11 is 1.22. The number of carbonyl (C=O) groups is 1. The number of fused-ring (bicyclic) bond motifs is 2. The van der Waals surface area contributed by atoms with Crippen molar-refractivity contribution in [2.24, 2.45) is 5.92 Å². The van der Waals surface area contributed by atoms with Gasteiger partial charge < -0.3 is 16.0 Å². The van der Waals surface area contributed by atoms with Crippen molar-refractivity contribution in [3.05, 3.63) is 28.3 Å². The SMILES string of the molecule is C[C@@H]1CNCC[C@@H]1Nc1ncc(C(F)(F)F)c(-c2cc3c(s2)C2(CC2)NC3=O)n1. The largest absolute Gasteiger partial charge is 0.420 e. The van der Waals surface area contributed by atoms with Crippen molar-refractivity contribution < 1.29 is 18.0 Å². The number of halogens is 3. The van der Waals surface area contributed by atoms with Gasteiger partial charge in [0.05, 0.1) is 21.7 Å². The molecule has 2 fully saturated rings. The molecule has 1 aliphatic carbocycles. The Morgan fingerprint density at radius 2 is 2.14 bits per heavy atom. The number of alkyl halides is 3. The van der Waals surface area contributed by atoms with Gasteiger partial charge in [-0.15, -0.1) is 11.3 Å². The minimum atomic E-state index is -4.58. The van der Waals surface area contributed by atoms with Crippen LogP contribution in [0.15, 0.2) is 12.3 Å². The molecule has 29 heavy (non-hydrogen) atoms. The number of carbonyl (C=O) groups excluding carboxylic acids is 1. The summed E-state index contributed by atoms with van der Waals surface area (Å²) in [5, 5.41) is 9.43. The van der Waals surface area contributed by atoms with Crippen LogP contribution in [0.1, 0.15) is 47.0 Å². The van der Waals surface area contributed by atoms with Gasteiger partial charge in [-0.1, -0.05) is 6.92 Å². The van der Waals surface area contributed by atoms with Gasteiger partial charge in [-0.2, -0.15) is 13.2 Å². The molecule has 154 valence electrons. The molecule has 2 aliphatic heterocycles. The molecule has 4 heterocycles. The van der Waals surface area contributed by atoms with Crippen molar-refractivity contribution in [1.82, 2.24) is 20.6 Å². The van der Waals surface area contributed by atoms with Gasteiger partial charge in [0, 0.05) is 17.1 Å². The molecule has 0 aromatic carbocycles. The molecular weight excluding hydrogens is 403 g/mol. The molecule has 2 aromatic rings. The van der Waals surface area contributed by atoms with Crippen molar-refractivity contribution in [2.75, 3.05) is 18.4 Å². The second kappa shape index (κ2) is 6.40. The first kappa shape index (κ1) is 18.8. The normalized spacial score (nSPS) is 25.0. The van der Waals surface area contributed by atoms with E-state index in [2.05, 4.69) is 32.8 Å². The average Bonchev–Trinajstić information content (AvgIpc) is 3.21. The molecule has 0 bridgehead atoms. The lowest BCUT2D eigenvalue weighted by Gasteiger charge is -2.30. The molecular formula is C19H20F3N5OS. The van der Waals surface area contributed by atoms with E-state index >= 15 is 0 Å². The van der Waals surface area contributed by atoms with E-state index in [1.807, 2.05) is 0 Å². The van der Waals surface area contributed by atoms with Crippen molar-refractivity contribution >= 4 is 23.2 Å². The second-order valence-electron chi connectivity index (χ2n) is 8.06. The van der Waals surface area contributed by atoms with Gasteiger partial charge in [0.15, 0.2) is 0 Å². The molecule has 0 unspecified atom stereocenters. The smallest absolute Gasteiger partial charge is 0.351 e. The Morgan fingerprint density at radius 1 is 1.34 bits per heavy atom. The predicted molar refractivity (Wildman–Crippen MR) is 103 cm³/mol. The molecule has 10 heteroatoms. The van der Waals surface area contributed by atoms with Crippen LogP contribution >= 0.6 is 11.3 Å². The highest BCUT2D eigenvalue weighted by molar-refractivity contribution is 7.16. The number of nitrogens with one attached hydrogen (secondary N) is 3. The summed E-state index contributed by atoms with van der Waals surface area (Å²) in [4.78, 5) is 21.6. The van der Waals surface area contributed by atoms with E-state index in [1.54, 1.807) is 0 Å². The fourth-order valence-corrected chi connectivity index (χ4v) is 5.45. The lowest BCUT2D eigenvalue weighted by molar-refractivity contribution is -0.137. The Hall–Kier alpha value is -2.20. The lowest BCUT2D eigenvalue weighted by Crippen LogP contribution is -2.42. The van der Waals surface area contributed by atoms with Gasteiger partial charge in [0.25, 0.3) is 5.91 Å². The molecule has 2 atom stereocenters. The third-order valence-corrected chi connectivity index (χ3v) is 7.29. The first-order chi connectivity index (χ1) is 13.8. The molecule has 3 N–H and O–H groups in total. The topological polar surface area (TPSA) is 78.9 Å². The van der Waals surface area contributed by atoms with Crippen molar-refractivity contribution in [1.29, 1.82) is 0 Å². The number of anilines is 1. The zero-order valence-electron chi connectivity index (χ0n) is 15.7. The van der Waals surface area contributed by atoms with E-state index in [0.717, 1.165) is 43.4 Å². The van der Waals surface area contributed by atoms with Gasteiger partial charge in [-0.25, -0.2) is 9.97 Å². The summed E-state index contributed by atoms with van der Waals surface area (Å²) in [7, 11) is 0. The summed E-state index contributed by atoms with van der Waals surface area (Å²) in [6, 6.07) is 1.63. The van der Waals surface area contributed by atoms with Crippen LogP contribution in [0.25, 0.3) is 10.6 Å². The summed E-state index contributed by atoms with van der Waals surface area (Å²) < 4.78 is 40.9. The van der Waals surface area contributed by atoms with Gasteiger partial charge in [0.2, 0.25) is 5.95 Å². The fourth-order valence-electron chi connectivity index (χ4n) is 4.09.